The minimum absolute atomic E-state index is 0.0391. The van der Waals surface area contributed by atoms with Gasteiger partial charge in [-0.2, -0.15) is 0 Å². The lowest BCUT2D eigenvalue weighted by Gasteiger charge is -2.15. The highest BCUT2D eigenvalue weighted by Crippen LogP contribution is 2.11. The molecule has 0 unspecified atom stereocenters. The summed E-state index contributed by atoms with van der Waals surface area (Å²) in [5.41, 5.74) is 0.537. The first-order valence-corrected chi connectivity index (χ1v) is 8.30. The lowest BCUT2D eigenvalue weighted by atomic mass is 10.2. The van der Waals surface area contributed by atoms with Crippen molar-refractivity contribution in [2.45, 2.75) is 32.7 Å². The molecule has 0 bridgehead atoms. The van der Waals surface area contributed by atoms with E-state index in [9.17, 15) is 9.59 Å². The summed E-state index contributed by atoms with van der Waals surface area (Å²) in [6.45, 7) is 2.33. The molecule has 1 aromatic carbocycles. The molecule has 0 spiro atoms. The number of aryl methyl sites for hydroxylation is 2. The van der Waals surface area contributed by atoms with Crippen LogP contribution in [0.4, 0.5) is 0 Å². The third-order valence-electron chi connectivity index (χ3n) is 4.08. The number of carbonyl (C=O) groups excluding carboxylic acids is 1. The second-order valence-electron chi connectivity index (χ2n) is 6.15. The number of H-pyrrole nitrogens is 1. The zero-order chi connectivity index (χ0) is 17.8. The summed E-state index contributed by atoms with van der Waals surface area (Å²) in [6.07, 6.45) is 1.58. The summed E-state index contributed by atoms with van der Waals surface area (Å²) in [5, 5.41) is 0.579. The molecule has 0 aliphatic rings. The van der Waals surface area contributed by atoms with Crippen LogP contribution in [-0.4, -0.2) is 27.8 Å². The largest absolute Gasteiger partial charge is 0.464 e. The van der Waals surface area contributed by atoms with Gasteiger partial charge in [0, 0.05) is 19.9 Å². The normalized spacial score (nSPS) is 11.0. The topological polar surface area (TPSA) is 79.2 Å². The predicted molar refractivity (Wildman–Crippen MR) is 95.2 cm³/mol. The van der Waals surface area contributed by atoms with Gasteiger partial charge in [0.2, 0.25) is 5.91 Å². The Bertz CT molecular complexity index is 942. The quantitative estimate of drug-likeness (QED) is 0.749. The van der Waals surface area contributed by atoms with Crippen LogP contribution in [0.2, 0.25) is 0 Å². The van der Waals surface area contributed by atoms with Gasteiger partial charge in [-0.15, -0.1) is 0 Å². The molecule has 0 radical (unpaired) electrons. The van der Waals surface area contributed by atoms with E-state index >= 15 is 0 Å². The number of aromatic amines is 1. The van der Waals surface area contributed by atoms with Gasteiger partial charge in [-0.1, -0.05) is 12.1 Å². The number of carbonyl (C=O) groups is 1. The van der Waals surface area contributed by atoms with E-state index in [-0.39, 0.29) is 11.5 Å². The minimum Gasteiger partial charge on any atom is -0.464 e. The highest BCUT2D eigenvalue weighted by Gasteiger charge is 2.11. The molecule has 3 aromatic rings. The maximum Gasteiger partial charge on any atom is 0.258 e. The number of nitrogens with zero attached hydrogens (tertiary/aromatic N) is 2. The molecule has 0 saturated heterocycles. The Balaban J connectivity index is 1.55. The summed E-state index contributed by atoms with van der Waals surface area (Å²) in [4.78, 5) is 33.1. The Hall–Kier alpha value is -2.89. The lowest BCUT2D eigenvalue weighted by molar-refractivity contribution is -0.130. The smallest absolute Gasteiger partial charge is 0.258 e. The number of furan rings is 1. The van der Waals surface area contributed by atoms with E-state index in [2.05, 4.69) is 9.97 Å². The molecule has 0 fully saturated rings. The van der Waals surface area contributed by atoms with Crippen molar-refractivity contribution < 1.29 is 9.21 Å². The van der Waals surface area contributed by atoms with E-state index in [4.69, 9.17) is 4.42 Å². The Morgan fingerprint density at radius 1 is 1.24 bits per heavy atom. The van der Waals surface area contributed by atoms with Crippen LogP contribution in [0, 0.1) is 6.92 Å². The van der Waals surface area contributed by atoms with Crippen molar-refractivity contribution in [2.24, 2.45) is 0 Å². The van der Waals surface area contributed by atoms with Gasteiger partial charge in [0.05, 0.1) is 17.4 Å². The first-order valence-electron chi connectivity index (χ1n) is 8.30. The number of amides is 1. The molecule has 6 heteroatoms. The van der Waals surface area contributed by atoms with Crippen LogP contribution < -0.4 is 5.56 Å². The summed E-state index contributed by atoms with van der Waals surface area (Å²) in [6, 6.07) is 11.0. The molecule has 3 rings (SSSR count). The Morgan fingerprint density at radius 3 is 2.80 bits per heavy atom. The molecule has 6 nitrogen and oxygen atoms in total. The third-order valence-corrected chi connectivity index (χ3v) is 4.08. The lowest BCUT2D eigenvalue weighted by Crippen LogP contribution is -2.25. The first kappa shape index (κ1) is 17.0. The molecule has 0 aliphatic carbocycles. The summed E-state index contributed by atoms with van der Waals surface area (Å²) < 4.78 is 5.49. The SMILES string of the molecule is Cc1ccc(CN(C)C(=O)CCCc2nc3ccccc3c(=O)[nH]2)o1. The number of hydrogen-bond donors (Lipinski definition) is 1. The average Bonchev–Trinajstić information content (AvgIpc) is 2.99. The molecular formula is C19H21N3O3. The molecule has 1 amide bonds. The number of benzene rings is 1. The van der Waals surface area contributed by atoms with Crippen LogP contribution in [0.25, 0.3) is 10.9 Å². The Kier molecular flexibility index (Phi) is 4.97. The van der Waals surface area contributed by atoms with Crippen molar-refractivity contribution in [3.63, 3.8) is 0 Å². The number of rotatable bonds is 6. The molecule has 0 saturated carbocycles. The number of nitrogens with one attached hydrogen (secondary N) is 1. The molecule has 2 heterocycles. The molecule has 2 aromatic heterocycles. The fraction of sp³-hybridized carbons (Fsp3) is 0.316. The molecule has 130 valence electrons. The zero-order valence-corrected chi connectivity index (χ0v) is 14.4. The summed E-state index contributed by atoms with van der Waals surface area (Å²) in [7, 11) is 1.76. The van der Waals surface area contributed by atoms with Gasteiger partial charge in [0.25, 0.3) is 5.56 Å². The molecular weight excluding hydrogens is 318 g/mol. The van der Waals surface area contributed by atoms with Gasteiger partial charge in [0.15, 0.2) is 0 Å². The number of para-hydroxylation sites is 1. The van der Waals surface area contributed by atoms with E-state index < -0.39 is 0 Å². The van der Waals surface area contributed by atoms with Crippen LogP contribution >= 0.6 is 0 Å². The fourth-order valence-electron chi connectivity index (χ4n) is 2.74. The van der Waals surface area contributed by atoms with Crippen LogP contribution in [0.5, 0.6) is 0 Å². The average molecular weight is 339 g/mol. The zero-order valence-electron chi connectivity index (χ0n) is 14.4. The molecule has 25 heavy (non-hydrogen) atoms. The van der Waals surface area contributed by atoms with E-state index in [1.54, 1.807) is 18.0 Å². The van der Waals surface area contributed by atoms with Gasteiger partial charge in [0.1, 0.15) is 17.3 Å². The van der Waals surface area contributed by atoms with Crippen molar-refractivity contribution in [1.29, 1.82) is 0 Å². The van der Waals surface area contributed by atoms with Crippen molar-refractivity contribution in [3.05, 3.63) is 64.1 Å². The first-order chi connectivity index (χ1) is 12.0. The number of aromatic nitrogens is 2. The summed E-state index contributed by atoms with van der Waals surface area (Å²) >= 11 is 0. The van der Waals surface area contributed by atoms with Crippen molar-refractivity contribution >= 4 is 16.8 Å². The maximum atomic E-state index is 12.2. The van der Waals surface area contributed by atoms with Gasteiger partial charge in [-0.3, -0.25) is 9.59 Å². The number of fused-ring (bicyclic) bond motifs is 1. The van der Waals surface area contributed by atoms with Crippen molar-refractivity contribution in [2.75, 3.05) is 7.05 Å². The maximum absolute atomic E-state index is 12.2. The number of hydrogen-bond acceptors (Lipinski definition) is 4. The predicted octanol–water partition coefficient (Wildman–Crippen LogP) is 2.81. The van der Waals surface area contributed by atoms with Crippen LogP contribution in [0.15, 0.2) is 45.6 Å². The van der Waals surface area contributed by atoms with Gasteiger partial charge in [-0.25, -0.2) is 4.98 Å². The van der Waals surface area contributed by atoms with Crippen molar-refractivity contribution in [1.82, 2.24) is 14.9 Å². The Morgan fingerprint density at radius 2 is 2.04 bits per heavy atom. The van der Waals surface area contributed by atoms with E-state index in [0.717, 1.165) is 11.5 Å². The second-order valence-corrected chi connectivity index (χ2v) is 6.15. The standard InChI is InChI=1S/C19H21N3O3/c1-13-10-11-14(25-13)12-22(2)18(23)9-5-8-17-20-16-7-4-3-6-15(16)19(24)21-17/h3-4,6-7,10-11H,5,8-9,12H2,1-2H3,(H,20,21,24). The second kappa shape index (κ2) is 7.34. The monoisotopic (exact) mass is 339 g/mol. The van der Waals surface area contributed by atoms with Gasteiger partial charge >= 0.3 is 0 Å². The van der Waals surface area contributed by atoms with Crippen LogP contribution in [0.1, 0.15) is 30.2 Å². The molecule has 0 atom stereocenters. The van der Waals surface area contributed by atoms with E-state index in [1.807, 2.05) is 37.3 Å². The summed E-state index contributed by atoms with van der Waals surface area (Å²) in [5.74, 6) is 2.26. The Labute approximate surface area is 145 Å². The third kappa shape index (κ3) is 4.15. The fourth-order valence-corrected chi connectivity index (χ4v) is 2.74. The van der Waals surface area contributed by atoms with E-state index in [1.165, 1.54) is 0 Å². The molecule has 1 N–H and O–H groups in total. The molecule has 0 aliphatic heterocycles. The van der Waals surface area contributed by atoms with Crippen LogP contribution in [0.3, 0.4) is 0 Å². The highest BCUT2D eigenvalue weighted by atomic mass is 16.3. The van der Waals surface area contributed by atoms with Gasteiger partial charge < -0.3 is 14.3 Å². The van der Waals surface area contributed by atoms with E-state index in [0.29, 0.717) is 42.5 Å². The minimum atomic E-state index is -0.141. The van der Waals surface area contributed by atoms with Crippen LogP contribution in [-0.2, 0) is 17.8 Å². The highest BCUT2D eigenvalue weighted by molar-refractivity contribution is 5.77. The van der Waals surface area contributed by atoms with Gasteiger partial charge in [-0.05, 0) is 37.6 Å². The van der Waals surface area contributed by atoms with Crippen molar-refractivity contribution in [3.8, 4) is 0 Å².